The molecule has 0 atom stereocenters. The summed E-state index contributed by atoms with van der Waals surface area (Å²) in [6.07, 6.45) is 9.92. The van der Waals surface area contributed by atoms with Gasteiger partial charge in [0.05, 0.1) is 5.68 Å². The van der Waals surface area contributed by atoms with Crippen LogP contribution in [-0.2, 0) is 4.79 Å². The molecule has 1 nitrogen and oxygen atoms in total. The average Bonchev–Trinajstić information content (AvgIpc) is 2.09. The van der Waals surface area contributed by atoms with Crippen LogP contribution in [0.15, 0.2) is 0 Å². The third-order valence-corrected chi connectivity index (χ3v) is 2.92. The molecule has 0 aromatic rings. The topological polar surface area (TPSA) is 17.1 Å². The first kappa shape index (κ1) is 10.8. The van der Waals surface area contributed by atoms with Gasteiger partial charge in [0.15, 0.2) is 0 Å². The van der Waals surface area contributed by atoms with Crippen molar-refractivity contribution in [3.05, 3.63) is 0 Å². The maximum absolute atomic E-state index is 11.2. The van der Waals surface area contributed by atoms with Crippen LogP contribution in [0.4, 0.5) is 0 Å². The Labute approximate surface area is 82.5 Å². The number of hydrogen-bond donors (Lipinski definition) is 0. The molecule has 0 saturated heterocycles. The molecule has 13 heavy (non-hydrogen) atoms. The Morgan fingerprint density at radius 3 is 2.23 bits per heavy atom. The van der Waals surface area contributed by atoms with Crippen molar-refractivity contribution in [2.75, 3.05) is 0 Å². The largest absolute Gasteiger partial charge is 0.312 e. The minimum Gasteiger partial charge on any atom is -0.312 e. The summed E-state index contributed by atoms with van der Waals surface area (Å²) < 4.78 is 0. The third-order valence-electron chi connectivity index (χ3n) is 2.92. The molecule has 1 radical (unpaired) electrons. The predicted molar refractivity (Wildman–Crippen MR) is 57.1 cm³/mol. The summed E-state index contributed by atoms with van der Waals surface area (Å²) in [5.74, 6) is 0.591. The van der Waals surface area contributed by atoms with Gasteiger partial charge in [0.1, 0.15) is 0 Å². The van der Waals surface area contributed by atoms with Crippen LogP contribution in [0.25, 0.3) is 0 Å². The molecular weight excluding hydrogens is 159 g/mol. The normalized spacial score (nSPS) is 20.4. The molecule has 1 aliphatic rings. The molecule has 0 aliphatic heterocycles. The standard InChI is InChI=1S/C11H20BO/c1-2-11(13)12-10-8-6-4-3-5-7-9-10/h10H,2-9H2,1H3. The number of rotatable bonds is 3. The molecule has 0 bridgehead atoms. The van der Waals surface area contributed by atoms with Gasteiger partial charge in [-0.05, 0) is 6.42 Å². The molecular formula is C11H20BO. The summed E-state index contributed by atoms with van der Waals surface area (Å²) in [6.45, 7) is 1.95. The van der Waals surface area contributed by atoms with Crippen LogP contribution in [0, 0.1) is 0 Å². The average molecular weight is 179 g/mol. The Bertz CT molecular complexity index is 148. The van der Waals surface area contributed by atoms with Crippen LogP contribution < -0.4 is 0 Å². The lowest BCUT2D eigenvalue weighted by molar-refractivity contribution is -0.111. The van der Waals surface area contributed by atoms with Crippen molar-refractivity contribution in [3.8, 4) is 0 Å². The van der Waals surface area contributed by atoms with Crippen LogP contribution in [0.2, 0.25) is 5.82 Å². The van der Waals surface area contributed by atoms with Crippen LogP contribution in [0.5, 0.6) is 0 Å². The number of hydrogen-bond acceptors (Lipinski definition) is 1. The summed E-state index contributed by atoms with van der Waals surface area (Å²) in [6, 6.07) is 0. The van der Waals surface area contributed by atoms with E-state index in [0.29, 0.717) is 17.9 Å². The Morgan fingerprint density at radius 2 is 1.69 bits per heavy atom. The van der Waals surface area contributed by atoms with E-state index in [0.717, 1.165) is 0 Å². The first-order valence-electron chi connectivity index (χ1n) is 5.70. The minimum absolute atomic E-state index is 0.338. The van der Waals surface area contributed by atoms with Gasteiger partial charge in [-0.1, -0.05) is 57.7 Å². The van der Waals surface area contributed by atoms with E-state index in [1.807, 2.05) is 14.2 Å². The van der Waals surface area contributed by atoms with E-state index in [1.165, 1.54) is 44.9 Å². The molecule has 0 unspecified atom stereocenters. The summed E-state index contributed by atoms with van der Waals surface area (Å²) in [4.78, 5) is 11.2. The van der Waals surface area contributed by atoms with Crippen LogP contribution in [-0.4, -0.2) is 13.0 Å². The van der Waals surface area contributed by atoms with Crippen molar-refractivity contribution < 1.29 is 4.79 Å². The summed E-state index contributed by atoms with van der Waals surface area (Å²) in [5, 5.41) is 0. The van der Waals surface area contributed by atoms with E-state index in [4.69, 9.17) is 0 Å². The van der Waals surface area contributed by atoms with E-state index >= 15 is 0 Å². The molecule has 0 aromatic carbocycles. The van der Waals surface area contributed by atoms with Crippen molar-refractivity contribution in [2.24, 2.45) is 0 Å². The number of carbonyl (C=O) groups excluding carboxylic acids is 1. The molecule has 73 valence electrons. The summed E-state index contributed by atoms with van der Waals surface area (Å²) in [7, 11) is 1.98. The van der Waals surface area contributed by atoms with Crippen molar-refractivity contribution in [1.29, 1.82) is 0 Å². The smallest absolute Gasteiger partial charge is 0.205 e. The highest BCUT2D eigenvalue weighted by Crippen LogP contribution is 2.26. The fourth-order valence-corrected chi connectivity index (χ4v) is 2.04. The first-order chi connectivity index (χ1) is 6.33. The summed E-state index contributed by atoms with van der Waals surface area (Å²) in [5.41, 5.74) is 0.338. The Kier molecular flexibility index (Phi) is 5.18. The fourth-order valence-electron chi connectivity index (χ4n) is 2.04. The molecule has 0 spiro atoms. The van der Waals surface area contributed by atoms with Crippen molar-refractivity contribution in [2.45, 2.75) is 64.1 Å². The van der Waals surface area contributed by atoms with Crippen LogP contribution >= 0.6 is 0 Å². The molecule has 1 rings (SSSR count). The second-order valence-corrected chi connectivity index (χ2v) is 4.09. The molecule has 0 aromatic heterocycles. The zero-order valence-corrected chi connectivity index (χ0v) is 8.72. The van der Waals surface area contributed by atoms with Crippen LogP contribution in [0.1, 0.15) is 58.3 Å². The van der Waals surface area contributed by atoms with Crippen LogP contribution in [0.3, 0.4) is 0 Å². The zero-order valence-electron chi connectivity index (χ0n) is 8.72. The van der Waals surface area contributed by atoms with Crippen molar-refractivity contribution >= 4 is 13.0 Å². The molecule has 2 heteroatoms. The van der Waals surface area contributed by atoms with E-state index in [1.54, 1.807) is 0 Å². The molecule has 1 fully saturated rings. The predicted octanol–water partition coefficient (Wildman–Crippen LogP) is 3.16. The van der Waals surface area contributed by atoms with Gasteiger partial charge in [0.25, 0.3) is 0 Å². The Hall–Kier alpha value is -0.265. The summed E-state index contributed by atoms with van der Waals surface area (Å²) >= 11 is 0. The van der Waals surface area contributed by atoms with Gasteiger partial charge in [0, 0.05) is 0 Å². The maximum atomic E-state index is 11.2. The fraction of sp³-hybridized carbons (Fsp3) is 0.909. The van der Waals surface area contributed by atoms with E-state index in [-0.39, 0.29) is 0 Å². The Morgan fingerprint density at radius 1 is 1.15 bits per heavy atom. The maximum Gasteiger partial charge on any atom is 0.205 e. The molecule has 0 N–H and O–H groups in total. The lowest BCUT2D eigenvalue weighted by atomic mass is 9.56. The van der Waals surface area contributed by atoms with E-state index < -0.39 is 0 Å². The lowest BCUT2D eigenvalue weighted by Gasteiger charge is -2.17. The zero-order chi connectivity index (χ0) is 9.52. The second-order valence-electron chi connectivity index (χ2n) is 4.09. The highest BCUT2D eigenvalue weighted by atomic mass is 16.1. The van der Waals surface area contributed by atoms with Gasteiger partial charge in [-0.15, -0.1) is 0 Å². The van der Waals surface area contributed by atoms with Crippen molar-refractivity contribution in [3.63, 3.8) is 0 Å². The van der Waals surface area contributed by atoms with Gasteiger partial charge >= 0.3 is 0 Å². The molecule has 0 amide bonds. The SMILES string of the molecule is CCC(=O)[B]C1CCCCCCC1. The highest BCUT2D eigenvalue weighted by molar-refractivity contribution is 6.74. The molecule has 1 aliphatic carbocycles. The monoisotopic (exact) mass is 179 g/mol. The first-order valence-corrected chi connectivity index (χ1v) is 5.70. The van der Waals surface area contributed by atoms with Crippen molar-refractivity contribution in [1.82, 2.24) is 0 Å². The van der Waals surface area contributed by atoms with Gasteiger partial charge in [-0.3, -0.25) is 0 Å². The third kappa shape index (κ3) is 4.49. The molecule has 0 heterocycles. The van der Waals surface area contributed by atoms with Gasteiger partial charge in [-0.2, -0.15) is 0 Å². The van der Waals surface area contributed by atoms with Gasteiger partial charge in [-0.25, -0.2) is 0 Å². The van der Waals surface area contributed by atoms with E-state index in [9.17, 15) is 4.79 Å². The second kappa shape index (κ2) is 6.23. The highest BCUT2D eigenvalue weighted by Gasteiger charge is 2.15. The molecule has 1 saturated carbocycles. The lowest BCUT2D eigenvalue weighted by Crippen LogP contribution is -2.15. The Balaban J connectivity index is 2.25. The quantitative estimate of drug-likeness (QED) is 0.608. The van der Waals surface area contributed by atoms with Gasteiger partial charge < -0.3 is 4.79 Å². The van der Waals surface area contributed by atoms with E-state index in [2.05, 4.69) is 0 Å². The minimum atomic E-state index is 0.338. The van der Waals surface area contributed by atoms with Gasteiger partial charge in [0.2, 0.25) is 7.28 Å². The number of carbonyl (C=O) groups is 1.